The average Bonchev–Trinajstić information content (AvgIpc) is 2.74. The molecule has 4 heterocycles. The number of piperazine rings is 2. The van der Waals surface area contributed by atoms with Gasteiger partial charge in [-0.15, -0.1) is 0 Å². The van der Waals surface area contributed by atoms with Crippen LogP contribution in [0.2, 0.25) is 0 Å². The van der Waals surface area contributed by atoms with Crippen LogP contribution >= 0.6 is 0 Å². The molecule has 2 aliphatic heterocycles. The van der Waals surface area contributed by atoms with Gasteiger partial charge < -0.3 is 19.6 Å². The van der Waals surface area contributed by atoms with E-state index in [0.29, 0.717) is 11.6 Å². The standard InChI is InChI=1S/C20H30N8O/c1-4-26-7-11-28(12-8-26)20-23-17(13-18(29)24-20)16-14-21-19(22-15(16)2)27-9-5-25(3)6-10-27/h13-14H,4-12H2,1-3H3,(H,23,24,29). The first-order chi connectivity index (χ1) is 14.0. The molecule has 0 aromatic carbocycles. The first-order valence-corrected chi connectivity index (χ1v) is 10.4. The molecule has 2 aromatic heterocycles. The van der Waals surface area contributed by atoms with Gasteiger partial charge in [-0.2, -0.15) is 0 Å². The predicted molar refractivity (Wildman–Crippen MR) is 115 cm³/mol. The molecule has 2 saturated heterocycles. The smallest absolute Gasteiger partial charge is 0.252 e. The van der Waals surface area contributed by atoms with Crippen molar-refractivity contribution in [2.75, 3.05) is 75.8 Å². The third kappa shape index (κ3) is 4.40. The van der Waals surface area contributed by atoms with E-state index in [2.05, 4.69) is 43.5 Å². The summed E-state index contributed by atoms with van der Waals surface area (Å²) >= 11 is 0. The summed E-state index contributed by atoms with van der Waals surface area (Å²) in [6, 6.07) is 1.53. The number of rotatable bonds is 4. The lowest BCUT2D eigenvalue weighted by Gasteiger charge is -2.34. The maximum absolute atomic E-state index is 12.3. The molecule has 0 atom stereocenters. The van der Waals surface area contributed by atoms with Crippen molar-refractivity contribution in [2.45, 2.75) is 13.8 Å². The van der Waals surface area contributed by atoms with E-state index in [4.69, 9.17) is 9.97 Å². The Morgan fingerprint density at radius 2 is 1.69 bits per heavy atom. The van der Waals surface area contributed by atoms with Gasteiger partial charge >= 0.3 is 0 Å². The summed E-state index contributed by atoms with van der Waals surface area (Å²) < 4.78 is 0. The molecule has 4 rings (SSSR count). The number of aryl methyl sites for hydroxylation is 1. The number of H-pyrrole nitrogens is 1. The van der Waals surface area contributed by atoms with Crippen LogP contribution < -0.4 is 15.4 Å². The molecular weight excluding hydrogens is 368 g/mol. The highest BCUT2D eigenvalue weighted by Gasteiger charge is 2.20. The Kier molecular flexibility index (Phi) is 5.77. The number of likely N-dealkylation sites (N-methyl/N-ethyl adjacent to an activating group) is 2. The maximum atomic E-state index is 12.3. The van der Waals surface area contributed by atoms with Crippen molar-refractivity contribution < 1.29 is 0 Å². The Balaban J connectivity index is 1.56. The minimum Gasteiger partial charge on any atom is -0.340 e. The van der Waals surface area contributed by atoms with E-state index in [0.717, 1.165) is 76.1 Å². The lowest BCUT2D eigenvalue weighted by Crippen LogP contribution is -2.47. The molecule has 9 nitrogen and oxygen atoms in total. The lowest BCUT2D eigenvalue weighted by molar-refractivity contribution is 0.270. The largest absolute Gasteiger partial charge is 0.340 e. The molecule has 1 N–H and O–H groups in total. The minimum atomic E-state index is -0.148. The summed E-state index contributed by atoms with van der Waals surface area (Å²) in [5.41, 5.74) is 2.13. The number of hydrogen-bond acceptors (Lipinski definition) is 8. The van der Waals surface area contributed by atoms with Gasteiger partial charge in [0, 0.05) is 70.2 Å². The van der Waals surface area contributed by atoms with Crippen LogP contribution in [0.15, 0.2) is 17.1 Å². The van der Waals surface area contributed by atoms with Crippen LogP contribution in [0.5, 0.6) is 0 Å². The molecule has 0 saturated carbocycles. The van der Waals surface area contributed by atoms with Crippen molar-refractivity contribution in [3.63, 3.8) is 0 Å². The molecule has 0 spiro atoms. The zero-order valence-electron chi connectivity index (χ0n) is 17.6. The highest BCUT2D eigenvalue weighted by Crippen LogP contribution is 2.22. The van der Waals surface area contributed by atoms with E-state index in [1.807, 2.05) is 6.92 Å². The normalized spacial score (nSPS) is 19.0. The van der Waals surface area contributed by atoms with Gasteiger partial charge in [0.05, 0.1) is 11.4 Å². The van der Waals surface area contributed by atoms with Crippen LogP contribution in [0.1, 0.15) is 12.6 Å². The zero-order valence-corrected chi connectivity index (χ0v) is 17.6. The van der Waals surface area contributed by atoms with Crippen molar-refractivity contribution >= 4 is 11.9 Å². The molecule has 0 radical (unpaired) electrons. The minimum absolute atomic E-state index is 0.148. The van der Waals surface area contributed by atoms with E-state index >= 15 is 0 Å². The third-order valence-corrected chi connectivity index (χ3v) is 5.88. The number of nitrogens with zero attached hydrogens (tertiary/aromatic N) is 7. The van der Waals surface area contributed by atoms with Gasteiger partial charge in [0.1, 0.15) is 0 Å². The second kappa shape index (κ2) is 8.46. The average molecular weight is 399 g/mol. The summed E-state index contributed by atoms with van der Waals surface area (Å²) in [6.07, 6.45) is 1.80. The van der Waals surface area contributed by atoms with Crippen molar-refractivity contribution in [1.82, 2.24) is 29.7 Å². The van der Waals surface area contributed by atoms with Crippen LogP contribution in [0, 0.1) is 6.92 Å². The fourth-order valence-corrected chi connectivity index (χ4v) is 3.87. The zero-order chi connectivity index (χ0) is 20.4. The van der Waals surface area contributed by atoms with Gasteiger partial charge in [-0.1, -0.05) is 6.92 Å². The van der Waals surface area contributed by atoms with Crippen molar-refractivity contribution in [1.29, 1.82) is 0 Å². The summed E-state index contributed by atoms with van der Waals surface area (Å²) in [5.74, 6) is 1.38. The molecular formula is C20H30N8O. The van der Waals surface area contributed by atoms with Crippen LogP contribution in [0.3, 0.4) is 0 Å². The Hall–Kier alpha value is -2.52. The van der Waals surface area contributed by atoms with Crippen LogP contribution in [-0.4, -0.2) is 95.7 Å². The second-order valence-corrected chi connectivity index (χ2v) is 7.83. The van der Waals surface area contributed by atoms with Crippen molar-refractivity contribution in [2.24, 2.45) is 0 Å². The molecule has 0 bridgehead atoms. The van der Waals surface area contributed by atoms with Crippen LogP contribution in [0.25, 0.3) is 11.3 Å². The highest BCUT2D eigenvalue weighted by atomic mass is 16.1. The van der Waals surface area contributed by atoms with Crippen LogP contribution in [-0.2, 0) is 0 Å². The van der Waals surface area contributed by atoms with Gasteiger partial charge in [0.2, 0.25) is 11.9 Å². The van der Waals surface area contributed by atoms with Gasteiger partial charge in [-0.3, -0.25) is 9.78 Å². The summed E-state index contributed by atoms with van der Waals surface area (Å²) in [6.45, 7) is 12.7. The van der Waals surface area contributed by atoms with E-state index < -0.39 is 0 Å². The number of aromatic amines is 1. The summed E-state index contributed by atoms with van der Waals surface area (Å²) in [7, 11) is 2.13. The Morgan fingerprint density at radius 3 is 2.34 bits per heavy atom. The quantitative estimate of drug-likeness (QED) is 0.794. The Labute approximate surface area is 171 Å². The number of hydrogen-bond donors (Lipinski definition) is 1. The molecule has 9 heteroatoms. The summed E-state index contributed by atoms with van der Waals surface area (Å²) in [4.78, 5) is 38.3. The number of nitrogens with one attached hydrogen (secondary N) is 1. The molecule has 29 heavy (non-hydrogen) atoms. The van der Waals surface area contributed by atoms with Gasteiger partial charge in [-0.05, 0) is 20.5 Å². The van der Waals surface area contributed by atoms with Crippen molar-refractivity contribution in [3.8, 4) is 11.3 Å². The molecule has 0 aliphatic carbocycles. The fraction of sp³-hybridized carbons (Fsp3) is 0.600. The van der Waals surface area contributed by atoms with Gasteiger partial charge in [0.15, 0.2) is 0 Å². The van der Waals surface area contributed by atoms with Crippen LogP contribution in [0.4, 0.5) is 11.9 Å². The van der Waals surface area contributed by atoms with E-state index in [-0.39, 0.29) is 5.56 Å². The third-order valence-electron chi connectivity index (χ3n) is 5.88. The Bertz CT molecular complexity index is 898. The monoisotopic (exact) mass is 398 g/mol. The molecule has 0 unspecified atom stereocenters. The topological polar surface area (TPSA) is 84.5 Å². The van der Waals surface area contributed by atoms with E-state index in [9.17, 15) is 4.79 Å². The number of anilines is 2. The fourth-order valence-electron chi connectivity index (χ4n) is 3.87. The predicted octanol–water partition coefficient (Wildman–Crippen LogP) is 0.429. The molecule has 2 aliphatic rings. The SMILES string of the molecule is CCN1CCN(c2nc(-c3cnc(N4CCN(C)CC4)nc3C)cc(=O)[nH]2)CC1. The Morgan fingerprint density at radius 1 is 1.00 bits per heavy atom. The maximum Gasteiger partial charge on any atom is 0.252 e. The van der Waals surface area contributed by atoms with Gasteiger partial charge in [-0.25, -0.2) is 15.0 Å². The lowest BCUT2D eigenvalue weighted by atomic mass is 10.1. The molecule has 2 aromatic rings. The van der Waals surface area contributed by atoms with E-state index in [1.54, 1.807) is 6.20 Å². The van der Waals surface area contributed by atoms with Gasteiger partial charge in [0.25, 0.3) is 5.56 Å². The summed E-state index contributed by atoms with van der Waals surface area (Å²) in [5, 5.41) is 0. The highest BCUT2D eigenvalue weighted by molar-refractivity contribution is 5.62. The van der Waals surface area contributed by atoms with Crippen molar-refractivity contribution in [3.05, 3.63) is 28.3 Å². The first-order valence-electron chi connectivity index (χ1n) is 10.4. The molecule has 0 amide bonds. The second-order valence-electron chi connectivity index (χ2n) is 7.83. The molecule has 156 valence electrons. The molecule has 2 fully saturated rings. The van der Waals surface area contributed by atoms with E-state index in [1.165, 1.54) is 6.07 Å². The number of aromatic nitrogens is 4. The first kappa shape index (κ1) is 19.8.